The summed E-state index contributed by atoms with van der Waals surface area (Å²) in [7, 11) is 1.49. The van der Waals surface area contributed by atoms with Crippen molar-refractivity contribution in [3.8, 4) is 5.75 Å². The molecule has 19 heavy (non-hydrogen) atoms. The summed E-state index contributed by atoms with van der Waals surface area (Å²) in [6.45, 7) is 0. The summed E-state index contributed by atoms with van der Waals surface area (Å²) in [5, 5.41) is 0. The molecule has 2 aromatic rings. The van der Waals surface area contributed by atoms with Crippen LogP contribution in [0, 0.1) is 5.82 Å². The van der Waals surface area contributed by atoms with Crippen LogP contribution in [-0.2, 0) is 0 Å². The lowest BCUT2D eigenvalue weighted by Crippen LogP contribution is -2.07. The largest absolute Gasteiger partial charge is 0.494 e. The maximum absolute atomic E-state index is 13.0. The van der Waals surface area contributed by atoms with Crippen molar-refractivity contribution < 1.29 is 13.9 Å². The van der Waals surface area contributed by atoms with Crippen LogP contribution in [-0.4, -0.2) is 23.6 Å². The molecule has 0 saturated carbocycles. The zero-order valence-electron chi connectivity index (χ0n) is 10.3. The predicted octanol–water partition coefficient (Wildman–Crippen LogP) is 3.20. The molecule has 0 aliphatic carbocycles. The number of ether oxygens (including phenoxy) is 1. The highest BCUT2D eigenvalue weighted by Crippen LogP contribution is 2.22. The van der Waals surface area contributed by atoms with E-state index in [2.05, 4.69) is 4.98 Å². The molecule has 1 aromatic heterocycles. The molecule has 0 atom stereocenters. The van der Waals surface area contributed by atoms with Gasteiger partial charge < -0.3 is 4.74 Å². The van der Waals surface area contributed by atoms with E-state index in [-0.39, 0.29) is 17.4 Å². The number of hydrogen-bond donors (Lipinski definition) is 0. The fourth-order valence-corrected chi connectivity index (χ4v) is 2.34. The summed E-state index contributed by atoms with van der Waals surface area (Å²) in [5.41, 5.74) is 0.300. The van der Waals surface area contributed by atoms with Crippen molar-refractivity contribution in [3.05, 3.63) is 54.1 Å². The molecular weight excluding hydrogens is 265 g/mol. The number of Topliss-reactive ketones (excluding diaryl/α,β-unsaturated/α-hetero) is 1. The summed E-state index contributed by atoms with van der Waals surface area (Å²) in [4.78, 5) is 16.8. The van der Waals surface area contributed by atoms with Gasteiger partial charge in [0.1, 0.15) is 17.3 Å². The summed E-state index contributed by atoms with van der Waals surface area (Å²) in [5.74, 6) is 0.184. The minimum absolute atomic E-state index is 0.147. The summed E-state index contributed by atoms with van der Waals surface area (Å²) >= 11 is 1.27. The van der Waals surface area contributed by atoms with E-state index in [1.165, 1.54) is 31.0 Å². The Balaban J connectivity index is 2.05. The summed E-state index contributed by atoms with van der Waals surface area (Å²) in [6, 6.07) is 9.53. The van der Waals surface area contributed by atoms with Gasteiger partial charge in [-0.3, -0.25) is 4.79 Å². The lowest BCUT2D eigenvalue weighted by Gasteiger charge is -2.06. The first-order valence-corrected chi connectivity index (χ1v) is 6.60. The Morgan fingerprint density at radius 2 is 2.21 bits per heavy atom. The highest BCUT2D eigenvalue weighted by atomic mass is 32.2. The van der Waals surface area contributed by atoms with Gasteiger partial charge in [-0.05, 0) is 30.3 Å². The predicted molar refractivity (Wildman–Crippen MR) is 72.2 cm³/mol. The normalized spacial score (nSPS) is 10.2. The zero-order valence-corrected chi connectivity index (χ0v) is 11.1. The SMILES string of the molecule is COc1cccnc1C(=O)CSc1cccc(F)c1. The Bertz CT molecular complexity index is 589. The first-order valence-electron chi connectivity index (χ1n) is 5.61. The number of carbonyl (C=O) groups excluding carboxylic acids is 1. The number of carbonyl (C=O) groups is 1. The van der Waals surface area contributed by atoms with Crippen LogP contribution in [0.25, 0.3) is 0 Å². The Hall–Kier alpha value is -1.88. The van der Waals surface area contributed by atoms with Gasteiger partial charge in [-0.15, -0.1) is 11.8 Å². The highest BCUT2D eigenvalue weighted by molar-refractivity contribution is 8.00. The number of pyridine rings is 1. The summed E-state index contributed by atoms with van der Waals surface area (Å²) < 4.78 is 18.1. The Morgan fingerprint density at radius 3 is 2.95 bits per heavy atom. The second kappa shape index (κ2) is 6.33. The van der Waals surface area contributed by atoms with Crippen LogP contribution >= 0.6 is 11.8 Å². The number of rotatable bonds is 5. The number of benzene rings is 1. The van der Waals surface area contributed by atoms with Gasteiger partial charge in [0.25, 0.3) is 0 Å². The van der Waals surface area contributed by atoms with Gasteiger partial charge in [0, 0.05) is 11.1 Å². The van der Waals surface area contributed by atoms with Crippen molar-refractivity contribution in [1.29, 1.82) is 0 Å². The number of hydrogen-bond acceptors (Lipinski definition) is 4. The first-order chi connectivity index (χ1) is 9.20. The van der Waals surface area contributed by atoms with Crippen LogP contribution in [0.4, 0.5) is 4.39 Å². The van der Waals surface area contributed by atoms with Crippen molar-refractivity contribution in [3.63, 3.8) is 0 Å². The van der Waals surface area contributed by atoms with Crippen LogP contribution in [0.1, 0.15) is 10.5 Å². The van der Waals surface area contributed by atoms with E-state index in [0.717, 1.165) is 0 Å². The van der Waals surface area contributed by atoms with Gasteiger partial charge in [-0.1, -0.05) is 6.07 Å². The smallest absolute Gasteiger partial charge is 0.195 e. The van der Waals surface area contributed by atoms with Crippen molar-refractivity contribution in [2.75, 3.05) is 12.9 Å². The van der Waals surface area contributed by atoms with E-state index < -0.39 is 0 Å². The number of methoxy groups -OCH3 is 1. The zero-order chi connectivity index (χ0) is 13.7. The lowest BCUT2D eigenvalue weighted by atomic mass is 10.2. The van der Waals surface area contributed by atoms with Gasteiger partial charge >= 0.3 is 0 Å². The standard InChI is InChI=1S/C14H12FNO2S/c1-18-13-6-3-7-16-14(13)12(17)9-19-11-5-2-4-10(15)8-11/h2-8H,9H2,1H3. The summed E-state index contributed by atoms with van der Waals surface area (Å²) in [6.07, 6.45) is 1.54. The molecule has 0 unspecified atom stereocenters. The molecule has 1 aromatic carbocycles. The van der Waals surface area contributed by atoms with E-state index in [1.807, 2.05) is 0 Å². The first kappa shape index (κ1) is 13.5. The third-order valence-electron chi connectivity index (χ3n) is 2.42. The van der Waals surface area contributed by atoms with Crippen LogP contribution in [0.3, 0.4) is 0 Å². The number of aromatic nitrogens is 1. The minimum Gasteiger partial charge on any atom is -0.494 e. The molecule has 0 spiro atoms. The molecule has 98 valence electrons. The molecule has 0 aliphatic heterocycles. The van der Waals surface area contributed by atoms with Crippen molar-refractivity contribution in [2.24, 2.45) is 0 Å². The van der Waals surface area contributed by atoms with Gasteiger partial charge in [0.2, 0.25) is 0 Å². The molecule has 0 aliphatic rings. The monoisotopic (exact) mass is 277 g/mol. The van der Waals surface area contributed by atoms with Crippen molar-refractivity contribution in [1.82, 2.24) is 4.98 Å². The second-order valence-corrected chi connectivity index (χ2v) is 4.77. The number of thioether (sulfide) groups is 1. The van der Waals surface area contributed by atoms with E-state index in [0.29, 0.717) is 16.3 Å². The maximum Gasteiger partial charge on any atom is 0.195 e. The van der Waals surface area contributed by atoms with E-state index in [1.54, 1.807) is 30.5 Å². The molecule has 3 nitrogen and oxygen atoms in total. The minimum atomic E-state index is -0.312. The van der Waals surface area contributed by atoms with Gasteiger partial charge in [-0.2, -0.15) is 0 Å². The molecule has 0 radical (unpaired) electrons. The Kier molecular flexibility index (Phi) is 4.52. The second-order valence-electron chi connectivity index (χ2n) is 3.72. The molecule has 0 saturated heterocycles. The molecular formula is C14H12FNO2S. The average Bonchev–Trinajstić information content (AvgIpc) is 2.45. The van der Waals surface area contributed by atoms with E-state index in [4.69, 9.17) is 4.74 Å². The molecule has 0 N–H and O–H groups in total. The highest BCUT2D eigenvalue weighted by Gasteiger charge is 2.13. The van der Waals surface area contributed by atoms with Gasteiger partial charge in [0.05, 0.1) is 12.9 Å². The quantitative estimate of drug-likeness (QED) is 0.621. The molecule has 0 bridgehead atoms. The van der Waals surface area contributed by atoms with Crippen LogP contribution in [0.2, 0.25) is 0 Å². The van der Waals surface area contributed by atoms with Gasteiger partial charge in [-0.25, -0.2) is 9.37 Å². The van der Waals surface area contributed by atoms with Crippen LogP contribution in [0.15, 0.2) is 47.5 Å². The van der Waals surface area contributed by atoms with Crippen molar-refractivity contribution in [2.45, 2.75) is 4.90 Å². The number of ketones is 1. The molecule has 2 rings (SSSR count). The van der Waals surface area contributed by atoms with Crippen molar-refractivity contribution >= 4 is 17.5 Å². The third-order valence-corrected chi connectivity index (χ3v) is 3.41. The maximum atomic E-state index is 13.0. The molecule has 0 amide bonds. The van der Waals surface area contributed by atoms with Gasteiger partial charge in [0.15, 0.2) is 5.78 Å². The van der Waals surface area contributed by atoms with E-state index in [9.17, 15) is 9.18 Å². The fraction of sp³-hybridized carbons (Fsp3) is 0.143. The number of halogens is 1. The average molecular weight is 277 g/mol. The Morgan fingerprint density at radius 1 is 1.37 bits per heavy atom. The van der Waals surface area contributed by atoms with E-state index >= 15 is 0 Å². The van der Waals surface area contributed by atoms with Crippen LogP contribution in [0.5, 0.6) is 5.75 Å². The van der Waals surface area contributed by atoms with Crippen LogP contribution < -0.4 is 4.74 Å². The number of nitrogens with zero attached hydrogens (tertiary/aromatic N) is 1. The third kappa shape index (κ3) is 3.54. The fourth-order valence-electron chi connectivity index (χ4n) is 1.54. The molecule has 1 heterocycles. The Labute approximate surface area is 114 Å². The molecule has 0 fully saturated rings. The molecule has 5 heteroatoms. The topological polar surface area (TPSA) is 39.2 Å². The lowest BCUT2D eigenvalue weighted by molar-refractivity contribution is 0.101.